The van der Waals surface area contributed by atoms with E-state index < -0.39 is 0 Å². The summed E-state index contributed by atoms with van der Waals surface area (Å²) < 4.78 is 2.11. The van der Waals surface area contributed by atoms with Crippen LogP contribution in [0.4, 0.5) is 0 Å². The Morgan fingerprint density at radius 2 is 2.17 bits per heavy atom. The van der Waals surface area contributed by atoms with Gasteiger partial charge in [-0.15, -0.1) is 10.2 Å². The van der Waals surface area contributed by atoms with Crippen molar-refractivity contribution < 1.29 is 5.01 Å². The summed E-state index contributed by atoms with van der Waals surface area (Å²) in [6, 6.07) is 6.51. The molecule has 2 aromatic rings. The van der Waals surface area contributed by atoms with Gasteiger partial charge in [-0.05, 0) is 18.6 Å². The summed E-state index contributed by atoms with van der Waals surface area (Å²) in [5.74, 6) is 2.11. The summed E-state index contributed by atoms with van der Waals surface area (Å²) >= 11 is 0. The second kappa shape index (κ2) is 5.55. The molecule has 0 aromatic carbocycles. The lowest BCUT2D eigenvalue weighted by Gasteiger charge is -2.25. The Bertz CT molecular complexity index is 771. The van der Waals surface area contributed by atoms with Gasteiger partial charge in [-0.3, -0.25) is 4.40 Å². The Labute approximate surface area is 142 Å². The number of hydrogen-bond acceptors (Lipinski definition) is 3. The fourth-order valence-electron chi connectivity index (χ4n) is 4.21. The van der Waals surface area contributed by atoms with Gasteiger partial charge in [-0.2, -0.15) is 0 Å². The van der Waals surface area contributed by atoms with Crippen molar-refractivity contribution in [3.8, 4) is 0 Å². The second-order valence-electron chi connectivity index (χ2n) is 8.31. The molecule has 4 rings (SSSR count). The minimum Gasteiger partial charge on any atom is -0.406 e. The first-order valence-corrected chi connectivity index (χ1v) is 8.88. The van der Waals surface area contributed by atoms with E-state index in [0.717, 1.165) is 24.4 Å². The van der Waals surface area contributed by atoms with Crippen molar-refractivity contribution in [1.29, 1.82) is 0 Å². The average molecular weight is 326 g/mol. The molecule has 2 aromatic heterocycles. The highest BCUT2D eigenvalue weighted by Crippen LogP contribution is 2.31. The maximum absolute atomic E-state index is 4.49. The van der Waals surface area contributed by atoms with Crippen molar-refractivity contribution in [2.45, 2.75) is 52.5 Å². The van der Waals surface area contributed by atoms with Gasteiger partial charge in [0.1, 0.15) is 11.9 Å². The minimum atomic E-state index is 0.111. The molecule has 2 aliphatic heterocycles. The third-order valence-electron chi connectivity index (χ3n) is 5.32. The van der Waals surface area contributed by atoms with Crippen molar-refractivity contribution in [3.63, 3.8) is 0 Å². The van der Waals surface area contributed by atoms with Gasteiger partial charge in [0.15, 0.2) is 5.65 Å². The number of rotatable bonds is 3. The van der Waals surface area contributed by atoms with E-state index >= 15 is 0 Å². The molecule has 0 radical (unpaired) electrons. The molecule has 24 heavy (non-hydrogen) atoms. The highest BCUT2D eigenvalue weighted by atomic mass is 15.7. The number of pyridine rings is 1. The van der Waals surface area contributed by atoms with Crippen LogP contribution in [-0.4, -0.2) is 32.9 Å². The first-order valence-electron chi connectivity index (χ1n) is 8.88. The Balaban J connectivity index is 1.47. The number of fused-ring (bicyclic) bond motifs is 2. The van der Waals surface area contributed by atoms with Crippen molar-refractivity contribution in [2.24, 2.45) is 16.4 Å². The van der Waals surface area contributed by atoms with Gasteiger partial charge in [0.25, 0.3) is 0 Å². The summed E-state index contributed by atoms with van der Waals surface area (Å²) in [6.07, 6.45) is 4.36. The number of nitrogens with zero attached hydrogens (tertiary/aromatic N) is 5. The van der Waals surface area contributed by atoms with Crippen LogP contribution in [0.1, 0.15) is 52.3 Å². The van der Waals surface area contributed by atoms with E-state index in [9.17, 15) is 0 Å². The van der Waals surface area contributed by atoms with Crippen LogP contribution in [0.3, 0.4) is 0 Å². The summed E-state index contributed by atoms with van der Waals surface area (Å²) in [4.78, 5) is 0. The van der Waals surface area contributed by atoms with Crippen LogP contribution in [0.25, 0.3) is 11.2 Å². The van der Waals surface area contributed by atoms with E-state index in [1.54, 1.807) is 0 Å². The van der Waals surface area contributed by atoms with E-state index in [4.69, 9.17) is 0 Å². The number of hydrogen-bond donors (Lipinski definition) is 1. The van der Waals surface area contributed by atoms with Crippen molar-refractivity contribution in [2.75, 3.05) is 6.54 Å². The highest BCUT2D eigenvalue weighted by Gasteiger charge is 2.42. The lowest BCUT2D eigenvalue weighted by atomic mass is 9.83. The van der Waals surface area contributed by atoms with Crippen LogP contribution in [0, 0.1) is 11.3 Å². The zero-order valence-corrected chi connectivity index (χ0v) is 14.9. The standard InChI is InChI=1S/C18H26N6/c1-12(17-21-19-15-7-5-6-8-23(15)17)9-13-10-14-16(18(2,3)4)20-22-24(14)11-13/h5-8,12-14,24H,9-11H2,1-4H3. The van der Waals surface area contributed by atoms with E-state index in [-0.39, 0.29) is 5.41 Å². The van der Waals surface area contributed by atoms with Crippen LogP contribution in [0.5, 0.6) is 0 Å². The molecule has 0 aliphatic carbocycles. The topological polar surface area (TPSA) is 61.1 Å². The number of nitrogens with one attached hydrogen (secondary N) is 1. The van der Waals surface area contributed by atoms with E-state index in [2.05, 4.69) is 59.1 Å². The third kappa shape index (κ3) is 2.59. The van der Waals surface area contributed by atoms with Crippen molar-refractivity contribution in [1.82, 2.24) is 14.6 Å². The molecule has 1 N–H and O–H groups in total. The maximum atomic E-state index is 4.49. The van der Waals surface area contributed by atoms with Gasteiger partial charge in [0, 0.05) is 29.9 Å². The largest absolute Gasteiger partial charge is 0.406 e. The van der Waals surface area contributed by atoms with Crippen LogP contribution >= 0.6 is 0 Å². The zero-order valence-electron chi connectivity index (χ0n) is 14.9. The Kier molecular flexibility index (Phi) is 3.60. The molecule has 4 unspecified atom stereocenters. The molecule has 6 nitrogen and oxygen atoms in total. The molecule has 4 heterocycles. The van der Waals surface area contributed by atoms with Crippen LogP contribution in [0.15, 0.2) is 29.5 Å². The monoisotopic (exact) mass is 326 g/mol. The quantitative estimate of drug-likeness (QED) is 0.940. The van der Waals surface area contributed by atoms with E-state index in [0.29, 0.717) is 17.9 Å². The zero-order chi connectivity index (χ0) is 16.9. The van der Waals surface area contributed by atoms with Crippen LogP contribution in [0.2, 0.25) is 0 Å². The predicted molar refractivity (Wildman–Crippen MR) is 94.0 cm³/mol. The molecule has 4 atom stereocenters. The first kappa shape index (κ1) is 15.6. The Morgan fingerprint density at radius 3 is 2.96 bits per heavy atom. The fraction of sp³-hybridized carbons (Fsp3) is 0.611. The maximum Gasteiger partial charge on any atom is 0.160 e. The molecule has 1 saturated heterocycles. The van der Waals surface area contributed by atoms with Gasteiger partial charge < -0.3 is 15.6 Å². The third-order valence-corrected chi connectivity index (χ3v) is 5.32. The molecule has 2 aliphatic rings. The molecule has 6 heteroatoms. The molecule has 0 amide bonds. The Morgan fingerprint density at radius 1 is 1.33 bits per heavy atom. The fourth-order valence-corrected chi connectivity index (χ4v) is 4.21. The normalized spacial score (nSPS) is 27.8. The van der Waals surface area contributed by atoms with Crippen LogP contribution in [-0.2, 0) is 0 Å². The van der Waals surface area contributed by atoms with E-state index in [1.807, 2.05) is 18.2 Å². The lowest BCUT2D eigenvalue weighted by Crippen LogP contribution is -3.09. The average Bonchev–Trinajstić information content (AvgIpc) is 3.18. The minimum absolute atomic E-state index is 0.111. The summed E-state index contributed by atoms with van der Waals surface area (Å²) in [5.41, 5.74) is 6.79. The van der Waals surface area contributed by atoms with E-state index in [1.165, 1.54) is 17.1 Å². The molecule has 128 valence electrons. The summed E-state index contributed by atoms with van der Waals surface area (Å²) in [5, 5.41) is 14.5. The van der Waals surface area contributed by atoms with Crippen molar-refractivity contribution >= 4 is 11.4 Å². The van der Waals surface area contributed by atoms with Gasteiger partial charge >= 0.3 is 0 Å². The van der Waals surface area contributed by atoms with Gasteiger partial charge in [-0.1, -0.05) is 33.8 Å². The molecular weight excluding hydrogens is 300 g/mol. The first-order chi connectivity index (χ1) is 11.4. The molecule has 0 spiro atoms. The smallest absolute Gasteiger partial charge is 0.160 e. The van der Waals surface area contributed by atoms with Crippen molar-refractivity contribution in [3.05, 3.63) is 35.8 Å². The molecular formula is C18H26N6. The molecule has 0 saturated carbocycles. The lowest BCUT2D eigenvalue weighted by molar-refractivity contribution is -0.861. The van der Waals surface area contributed by atoms with Gasteiger partial charge in [0.05, 0.1) is 12.3 Å². The highest BCUT2D eigenvalue weighted by molar-refractivity contribution is 5.94. The molecule has 0 bridgehead atoms. The second-order valence-corrected chi connectivity index (χ2v) is 8.31. The number of aromatic nitrogens is 3. The molecule has 1 fully saturated rings. The van der Waals surface area contributed by atoms with Gasteiger partial charge in [0.2, 0.25) is 0 Å². The summed E-state index contributed by atoms with van der Waals surface area (Å²) in [7, 11) is 0. The number of quaternary nitrogens is 1. The SMILES string of the molecule is CC(CC1CC2C(C(C)(C)C)=N[N-][NH+]2C1)c1nnc2ccccn12. The predicted octanol–water partition coefficient (Wildman–Crippen LogP) is 2.20. The van der Waals surface area contributed by atoms with Crippen LogP contribution < -0.4 is 5.01 Å². The Hall–Kier alpha value is -1.95. The van der Waals surface area contributed by atoms with Gasteiger partial charge in [-0.25, -0.2) is 0 Å². The summed E-state index contributed by atoms with van der Waals surface area (Å²) in [6.45, 7) is 10.1.